The van der Waals surface area contributed by atoms with E-state index in [4.69, 9.17) is 19.9 Å². The second kappa shape index (κ2) is 6.08. The summed E-state index contributed by atoms with van der Waals surface area (Å²) in [5.74, 6) is 0.358. The zero-order chi connectivity index (χ0) is 13.1. The fourth-order valence-corrected chi connectivity index (χ4v) is 3.69. The molecule has 0 aromatic rings. The summed E-state index contributed by atoms with van der Waals surface area (Å²) in [6.45, 7) is 2.30. The molecule has 0 aromatic heterocycles. The van der Waals surface area contributed by atoms with Crippen molar-refractivity contribution in [2.24, 2.45) is 11.7 Å². The fraction of sp³-hybridized carbons (Fsp3) is 1.00. The average Bonchev–Trinajstić information content (AvgIpc) is 2.90. The second-order valence-electron chi connectivity index (χ2n) is 6.39. The summed E-state index contributed by atoms with van der Waals surface area (Å²) in [5.41, 5.74) is 6.21. The van der Waals surface area contributed by atoms with Crippen molar-refractivity contribution < 1.29 is 14.2 Å². The molecule has 3 fully saturated rings. The summed E-state index contributed by atoms with van der Waals surface area (Å²) >= 11 is 0. The zero-order valence-corrected chi connectivity index (χ0v) is 11.8. The molecular formula is C15H27NO3. The highest BCUT2D eigenvalue weighted by atomic mass is 16.7. The zero-order valence-electron chi connectivity index (χ0n) is 11.8. The van der Waals surface area contributed by atoms with Crippen LogP contribution in [0.15, 0.2) is 0 Å². The lowest BCUT2D eigenvalue weighted by Crippen LogP contribution is -2.50. The molecule has 1 heterocycles. The lowest BCUT2D eigenvalue weighted by Gasteiger charge is -2.40. The monoisotopic (exact) mass is 269 g/mol. The Labute approximate surface area is 116 Å². The molecular weight excluding hydrogens is 242 g/mol. The Kier molecular flexibility index (Phi) is 4.42. The van der Waals surface area contributed by atoms with Gasteiger partial charge >= 0.3 is 0 Å². The first-order valence-electron chi connectivity index (χ1n) is 7.92. The van der Waals surface area contributed by atoms with Crippen LogP contribution in [0.25, 0.3) is 0 Å². The van der Waals surface area contributed by atoms with Crippen LogP contribution < -0.4 is 5.73 Å². The molecule has 0 amide bonds. The molecule has 110 valence electrons. The smallest absolute Gasteiger partial charge is 0.171 e. The van der Waals surface area contributed by atoms with E-state index in [9.17, 15) is 0 Å². The number of ether oxygens (including phenoxy) is 3. The number of hydrogen-bond donors (Lipinski definition) is 1. The van der Waals surface area contributed by atoms with Gasteiger partial charge in [-0.05, 0) is 25.2 Å². The number of hydrogen-bond acceptors (Lipinski definition) is 4. The van der Waals surface area contributed by atoms with Gasteiger partial charge < -0.3 is 19.9 Å². The predicted molar refractivity (Wildman–Crippen MR) is 72.8 cm³/mol. The highest BCUT2D eigenvalue weighted by Crippen LogP contribution is 2.37. The van der Waals surface area contributed by atoms with E-state index in [0.29, 0.717) is 13.2 Å². The molecule has 4 heteroatoms. The quantitative estimate of drug-likeness (QED) is 0.853. The number of nitrogens with two attached hydrogens (primary N) is 1. The molecule has 1 aliphatic heterocycles. The van der Waals surface area contributed by atoms with E-state index in [-0.39, 0.29) is 17.9 Å². The highest BCUT2D eigenvalue weighted by molar-refractivity contribution is 4.91. The summed E-state index contributed by atoms with van der Waals surface area (Å²) in [5, 5.41) is 0. The average molecular weight is 269 g/mol. The molecule has 2 N–H and O–H groups in total. The molecule has 2 atom stereocenters. The molecule has 4 nitrogen and oxygen atoms in total. The van der Waals surface area contributed by atoms with Gasteiger partial charge in [-0.3, -0.25) is 0 Å². The normalized spacial score (nSPS) is 35.8. The summed E-state index contributed by atoms with van der Waals surface area (Å²) in [6, 6.07) is 0.141. The van der Waals surface area contributed by atoms with Gasteiger partial charge in [0.2, 0.25) is 0 Å². The van der Waals surface area contributed by atoms with Crippen molar-refractivity contribution in [1.82, 2.24) is 0 Å². The van der Waals surface area contributed by atoms with Crippen LogP contribution in [-0.4, -0.2) is 37.8 Å². The van der Waals surface area contributed by atoms with Crippen LogP contribution in [0.4, 0.5) is 0 Å². The van der Waals surface area contributed by atoms with Crippen molar-refractivity contribution >= 4 is 0 Å². The van der Waals surface area contributed by atoms with E-state index >= 15 is 0 Å². The Morgan fingerprint density at radius 3 is 2.53 bits per heavy atom. The maximum absolute atomic E-state index is 6.21. The van der Waals surface area contributed by atoms with Gasteiger partial charge in [0.25, 0.3) is 0 Å². The van der Waals surface area contributed by atoms with Crippen LogP contribution in [0.3, 0.4) is 0 Å². The van der Waals surface area contributed by atoms with E-state index < -0.39 is 0 Å². The first-order chi connectivity index (χ1) is 9.27. The van der Waals surface area contributed by atoms with Gasteiger partial charge in [0.15, 0.2) is 5.79 Å². The van der Waals surface area contributed by atoms with Crippen LogP contribution in [-0.2, 0) is 14.2 Å². The lowest BCUT2D eigenvalue weighted by molar-refractivity contribution is -0.206. The summed E-state index contributed by atoms with van der Waals surface area (Å²) in [7, 11) is 0. The minimum Gasteiger partial charge on any atom is -0.376 e. The molecule has 0 bridgehead atoms. The summed E-state index contributed by atoms with van der Waals surface area (Å²) in [6.07, 6.45) is 9.52. The standard InChI is InChI=1S/C15H27NO3/c16-13-6-7-15(18-8-9-19-15)10-14(13)17-11-12-4-2-1-3-5-12/h12-14H,1-11,16H2. The molecule has 3 rings (SSSR count). The van der Waals surface area contributed by atoms with Crippen LogP contribution in [0.2, 0.25) is 0 Å². The third kappa shape index (κ3) is 3.30. The van der Waals surface area contributed by atoms with Gasteiger partial charge in [-0.15, -0.1) is 0 Å². The van der Waals surface area contributed by atoms with Gasteiger partial charge in [0.05, 0.1) is 19.3 Å². The first kappa shape index (κ1) is 13.8. The maximum atomic E-state index is 6.21. The molecule has 2 aliphatic carbocycles. The molecule has 2 unspecified atom stereocenters. The van der Waals surface area contributed by atoms with Gasteiger partial charge in [0, 0.05) is 25.5 Å². The molecule has 0 aromatic carbocycles. The van der Waals surface area contributed by atoms with Crippen molar-refractivity contribution in [2.75, 3.05) is 19.8 Å². The van der Waals surface area contributed by atoms with Crippen LogP contribution in [0, 0.1) is 5.92 Å². The van der Waals surface area contributed by atoms with Crippen molar-refractivity contribution in [3.05, 3.63) is 0 Å². The molecule has 0 radical (unpaired) electrons. The Hall–Kier alpha value is -0.160. The van der Waals surface area contributed by atoms with E-state index in [0.717, 1.165) is 31.8 Å². The minimum absolute atomic E-state index is 0.105. The largest absolute Gasteiger partial charge is 0.376 e. The topological polar surface area (TPSA) is 53.7 Å². The lowest BCUT2D eigenvalue weighted by atomic mass is 9.87. The summed E-state index contributed by atoms with van der Waals surface area (Å²) < 4.78 is 17.7. The molecule has 3 aliphatic rings. The highest BCUT2D eigenvalue weighted by Gasteiger charge is 2.44. The van der Waals surface area contributed by atoms with Crippen LogP contribution in [0.1, 0.15) is 51.4 Å². The van der Waals surface area contributed by atoms with E-state index in [1.165, 1.54) is 32.1 Å². The summed E-state index contributed by atoms with van der Waals surface area (Å²) in [4.78, 5) is 0. The Morgan fingerprint density at radius 2 is 1.79 bits per heavy atom. The molecule has 2 saturated carbocycles. The SMILES string of the molecule is NC1CCC2(CC1OCC1CCCCC1)OCCO2. The van der Waals surface area contributed by atoms with Crippen LogP contribution >= 0.6 is 0 Å². The Balaban J connectivity index is 1.50. The molecule has 1 spiro atoms. The third-order valence-electron chi connectivity index (χ3n) is 4.93. The third-order valence-corrected chi connectivity index (χ3v) is 4.93. The minimum atomic E-state index is -0.382. The van der Waals surface area contributed by atoms with Crippen molar-refractivity contribution in [3.8, 4) is 0 Å². The van der Waals surface area contributed by atoms with Gasteiger partial charge in [-0.25, -0.2) is 0 Å². The van der Waals surface area contributed by atoms with E-state index in [1.54, 1.807) is 0 Å². The molecule has 19 heavy (non-hydrogen) atoms. The predicted octanol–water partition coefficient (Wildman–Crippen LogP) is 2.21. The second-order valence-corrected chi connectivity index (χ2v) is 6.39. The first-order valence-corrected chi connectivity index (χ1v) is 7.92. The van der Waals surface area contributed by atoms with E-state index in [1.807, 2.05) is 0 Å². The van der Waals surface area contributed by atoms with Crippen molar-refractivity contribution in [2.45, 2.75) is 69.3 Å². The van der Waals surface area contributed by atoms with Gasteiger partial charge in [0.1, 0.15) is 0 Å². The van der Waals surface area contributed by atoms with Gasteiger partial charge in [-0.2, -0.15) is 0 Å². The van der Waals surface area contributed by atoms with Crippen molar-refractivity contribution in [1.29, 1.82) is 0 Å². The maximum Gasteiger partial charge on any atom is 0.171 e. The fourth-order valence-electron chi connectivity index (χ4n) is 3.69. The Morgan fingerprint density at radius 1 is 1.05 bits per heavy atom. The number of rotatable bonds is 3. The Bertz CT molecular complexity index is 285. The molecule has 1 saturated heterocycles. The van der Waals surface area contributed by atoms with Crippen LogP contribution in [0.5, 0.6) is 0 Å². The van der Waals surface area contributed by atoms with Gasteiger partial charge in [-0.1, -0.05) is 19.3 Å². The van der Waals surface area contributed by atoms with E-state index in [2.05, 4.69) is 0 Å². The van der Waals surface area contributed by atoms with Crippen molar-refractivity contribution in [3.63, 3.8) is 0 Å².